The fraction of sp³-hybridized carbons (Fsp3) is 0.192. The molecule has 3 aromatic rings. The van der Waals surface area contributed by atoms with E-state index in [1.165, 1.54) is 26.2 Å². The zero-order valence-corrected chi connectivity index (χ0v) is 19.0. The van der Waals surface area contributed by atoms with Crippen molar-refractivity contribution in [3.8, 4) is 17.2 Å². The Bertz CT molecular complexity index is 1240. The van der Waals surface area contributed by atoms with Crippen molar-refractivity contribution in [2.24, 2.45) is 0 Å². The van der Waals surface area contributed by atoms with Crippen LogP contribution in [0.3, 0.4) is 0 Å². The summed E-state index contributed by atoms with van der Waals surface area (Å²) in [5.74, 6) is -0.234. The number of benzene rings is 2. The Labute approximate surface area is 197 Å². The van der Waals surface area contributed by atoms with E-state index in [0.29, 0.717) is 28.4 Å². The van der Waals surface area contributed by atoms with E-state index < -0.39 is 17.7 Å². The second-order valence-electron chi connectivity index (χ2n) is 7.62. The lowest BCUT2D eigenvalue weighted by Crippen LogP contribution is -2.29. The summed E-state index contributed by atoms with van der Waals surface area (Å²) in [6.45, 7) is 0.114. The zero-order chi connectivity index (χ0) is 24.2. The molecule has 1 aliphatic rings. The molecule has 2 heterocycles. The third-order valence-electron chi connectivity index (χ3n) is 5.71. The molecule has 1 amide bonds. The van der Waals surface area contributed by atoms with Crippen LogP contribution < -0.4 is 14.2 Å². The van der Waals surface area contributed by atoms with E-state index in [1.807, 2.05) is 6.07 Å². The summed E-state index contributed by atoms with van der Waals surface area (Å²) in [6.07, 6.45) is 3.26. The van der Waals surface area contributed by atoms with Gasteiger partial charge >= 0.3 is 0 Å². The number of aliphatic hydroxyl groups is 1. The van der Waals surface area contributed by atoms with Gasteiger partial charge in [-0.15, -0.1) is 0 Å². The number of nitrogens with zero attached hydrogens (tertiary/aromatic N) is 2. The highest BCUT2D eigenvalue weighted by Gasteiger charge is 2.47. The topological polar surface area (TPSA) is 98.2 Å². The van der Waals surface area contributed by atoms with Crippen LogP contribution in [0, 0.1) is 0 Å². The molecule has 4 rings (SSSR count). The highest BCUT2D eigenvalue weighted by molar-refractivity contribution is 6.46. The van der Waals surface area contributed by atoms with E-state index in [9.17, 15) is 14.7 Å². The Morgan fingerprint density at radius 1 is 0.971 bits per heavy atom. The van der Waals surface area contributed by atoms with Crippen molar-refractivity contribution in [3.63, 3.8) is 0 Å². The first-order chi connectivity index (χ1) is 16.5. The van der Waals surface area contributed by atoms with Gasteiger partial charge in [0.15, 0.2) is 0 Å². The van der Waals surface area contributed by atoms with Crippen LogP contribution in [0.25, 0.3) is 5.76 Å². The van der Waals surface area contributed by atoms with Crippen LogP contribution in [0.4, 0.5) is 0 Å². The third kappa shape index (κ3) is 4.17. The number of Topliss-reactive ketones (excluding diaryl/α,β-unsaturated/α-hetero) is 1. The fourth-order valence-electron chi connectivity index (χ4n) is 4.01. The van der Waals surface area contributed by atoms with E-state index >= 15 is 0 Å². The summed E-state index contributed by atoms with van der Waals surface area (Å²) in [5.41, 5.74) is 1.60. The second kappa shape index (κ2) is 9.66. The molecule has 8 nitrogen and oxygen atoms in total. The number of pyridine rings is 1. The van der Waals surface area contributed by atoms with Gasteiger partial charge in [-0.05, 0) is 54.1 Å². The van der Waals surface area contributed by atoms with Crippen molar-refractivity contribution in [1.82, 2.24) is 9.88 Å². The molecule has 1 N–H and O–H groups in total. The first kappa shape index (κ1) is 22.8. The fourth-order valence-corrected chi connectivity index (χ4v) is 4.01. The molecule has 2 aromatic carbocycles. The van der Waals surface area contributed by atoms with Crippen molar-refractivity contribution in [2.45, 2.75) is 12.6 Å². The van der Waals surface area contributed by atoms with Crippen molar-refractivity contribution < 1.29 is 28.9 Å². The molecule has 0 radical (unpaired) electrons. The number of amides is 1. The molecule has 0 unspecified atom stereocenters. The SMILES string of the molecule is COc1ccc(C(O)=C2C(=O)C(=O)N(Cc3cccnc3)[C@@H]2c2cc(OC)ccc2OC)cc1. The summed E-state index contributed by atoms with van der Waals surface area (Å²) in [7, 11) is 4.56. The lowest BCUT2D eigenvalue weighted by Gasteiger charge is -2.27. The Morgan fingerprint density at radius 2 is 1.68 bits per heavy atom. The highest BCUT2D eigenvalue weighted by Crippen LogP contribution is 2.44. The number of aromatic nitrogens is 1. The summed E-state index contributed by atoms with van der Waals surface area (Å²) in [6, 6.07) is 14.4. The van der Waals surface area contributed by atoms with Gasteiger partial charge in [-0.1, -0.05) is 6.07 Å². The number of ketones is 1. The molecule has 1 aromatic heterocycles. The smallest absolute Gasteiger partial charge is 0.295 e. The Morgan fingerprint density at radius 3 is 2.29 bits per heavy atom. The second-order valence-corrected chi connectivity index (χ2v) is 7.62. The van der Waals surface area contributed by atoms with Crippen LogP contribution in [-0.2, 0) is 16.1 Å². The molecule has 34 heavy (non-hydrogen) atoms. The largest absolute Gasteiger partial charge is 0.507 e. The average Bonchev–Trinajstić information content (AvgIpc) is 3.13. The minimum absolute atomic E-state index is 0.0365. The van der Waals surface area contributed by atoms with Crippen molar-refractivity contribution in [1.29, 1.82) is 0 Å². The number of rotatable bonds is 7. The number of likely N-dealkylation sites (tertiary alicyclic amines) is 1. The normalized spacial score (nSPS) is 17.0. The molecular weight excluding hydrogens is 436 g/mol. The van der Waals surface area contributed by atoms with Crippen molar-refractivity contribution in [2.75, 3.05) is 21.3 Å². The monoisotopic (exact) mass is 460 g/mol. The van der Waals surface area contributed by atoms with Crippen LogP contribution in [0.1, 0.15) is 22.7 Å². The standard InChI is InChI=1S/C26H24N2O6/c1-32-18-8-6-17(7-9-18)24(29)22-23(20-13-19(33-2)10-11-21(20)34-3)28(26(31)25(22)30)15-16-5-4-12-27-14-16/h4-14,23,29H,15H2,1-3H3/t23-/m1/s1. The summed E-state index contributed by atoms with van der Waals surface area (Å²) in [5, 5.41) is 11.2. The minimum atomic E-state index is -0.910. The molecule has 0 saturated carbocycles. The Balaban J connectivity index is 1.92. The predicted octanol–water partition coefficient (Wildman–Crippen LogP) is 3.73. The van der Waals surface area contributed by atoms with Crippen LogP contribution in [0.15, 0.2) is 72.6 Å². The van der Waals surface area contributed by atoms with Crippen LogP contribution in [-0.4, -0.2) is 48.0 Å². The number of hydrogen-bond acceptors (Lipinski definition) is 7. The first-order valence-corrected chi connectivity index (χ1v) is 10.5. The maximum absolute atomic E-state index is 13.3. The molecule has 0 bridgehead atoms. The van der Waals surface area contributed by atoms with Gasteiger partial charge in [-0.3, -0.25) is 14.6 Å². The molecule has 1 fully saturated rings. The number of ether oxygens (including phenoxy) is 3. The quantitative estimate of drug-likeness (QED) is 0.326. The van der Waals surface area contributed by atoms with Gasteiger partial charge in [0.1, 0.15) is 23.0 Å². The van der Waals surface area contributed by atoms with Crippen molar-refractivity contribution in [3.05, 3.63) is 89.3 Å². The van der Waals surface area contributed by atoms with Gasteiger partial charge in [0, 0.05) is 30.1 Å². The molecule has 8 heteroatoms. The van der Waals surface area contributed by atoms with Gasteiger partial charge in [-0.25, -0.2) is 0 Å². The van der Waals surface area contributed by atoms with Gasteiger partial charge in [-0.2, -0.15) is 0 Å². The van der Waals surface area contributed by atoms with Crippen LogP contribution in [0.2, 0.25) is 0 Å². The van der Waals surface area contributed by atoms with Gasteiger partial charge in [0.05, 0.1) is 32.9 Å². The highest BCUT2D eigenvalue weighted by atomic mass is 16.5. The lowest BCUT2D eigenvalue weighted by atomic mass is 9.94. The molecule has 1 aliphatic heterocycles. The number of carbonyl (C=O) groups is 2. The molecule has 1 atom stereocenters. The van der Waals surface area contributed by atoms with E-state index in [4.69, 9.17) is 14.2 Å². The molecule has 0 spiro atoms. The molecular formula is C26H24N2O6. The summed E-state index contributed by atoms with van der Waals surface area (Å²) >= 11 is 0. The zero-order valence-electron chi connectivity index (χ0n) is 19.0. The number of aliphatic hydroxyl groups excluding tert-OH is 1. The molecule has 1 saturated heterocycles. The number of hydrogen-bond donors (Lipinski definition) is 1. The first-order valence-electron chi connectivity index (χ1n) is 10.5. The Kier molecular flexibility index (Phi) is 6.49. The maximum Gasteiger partial charge on any atom is 0.295 e. The minimum Gasteiger partial charge on any atom is -0.507 e. The van der Waals surface area contributed by atoms with E-state index in [2.05, 4.69) is 4.98 Å². The maximum atomic E-state index is 13.3. The lowest BCUT2D eigenvalue weighted by molar-refractivity contribution is -0.140. The number of methoxy groups -OCH3 is 3. The summed E-state index contributed by atoms with van der Waals surface area (Å²) in [4.78, 5) is 32.0. The Hall–Kier alpha value is -4.33. The van der Waals surface area contributed by atoms with Crippen LogP contribution >= 0.6 is 0 Å². The van der Waals surface area contributed by atoms with Gasteiger partial charge in [0.25, 0.3) is 11.7 Å². The van der Waals surface area contributed by atoms with Crippen molar-refractivity contribution >= 4 is 17.4 Å². The number of carbonyl (C=O) groups excluding carboxylic acids is 2. The van der Waals surface area contributed by atoms with E-state index in [1.54, 1.807) is 60.9 Å². The summed E-state index contributed by atoms with van der Waals surface area (Å²) < 4.78 is 16.1. The van der Waals surface area contributed by atoms with E-state index in [0.717, 1.165) is 5.56 Å². The predicted molar refractivity (Wildman–Crippen MR) is 125 cm³/mol. The van der Waals surface area contributed by atoms with E-state index in [-0.39, 0.29) is 17.9 Å². The average molecular weight is 460 g/mol. The third-order valence-corrected chi connectivity index (χ3v) is 5.71. The van der Waals surface area contributed by atoms with Gasteiger partial charge < -0.3 is 24.2 Å². The molecule has 0 aliphatic carbocycles. The van der Waals surface area contributed by atoms with Crippen LogP contribution in [0.5, 0.6) is 17.2 Å². The van der Waals surface area contributed by atoms with Gasteiger partial charge in [0.2, 0.25) is 0 Å². The molecule has 174 valence electrons.